The molecule has 0 aliphatic rings. The molecule has 0 radical (unpaired) electrons. The van der Waals surface area contributed by atoms with Gasteiger partial charge in [0.05, 0.1) is 12.8 Å². The third kappa shape index (κ3) is 8.01. The highest BCUT2D eigenvalue weighted by Crippen LogP contribution is 2.02. The number of hydrogen-bond donors (Lipinski definition) is 1. The molecule has 1 N–H and O–H groups in total. The second-order valence-electron chi connectivity index (χ2n) is 5.54. The third-order valence-electron chi connectivity index (χ3n) is 3.60. The van der Waals surface area contributed by atoms with Crippen molar-refractivity contribution in [2.45, 2.75) is 39.0 Å². The summed E-state index contributed by atoms with van der Waals surface area (Å²) in [5.41, 5.74) is 0.272. The minimum atomic E-state index is -0.240. The van der Waals surface area contributed by atoms with Gasteiger partial charge in [0.15, 0.2) is 0 Å². The molecule has 7 heteroatoms. The number of unbranched alkanes of at least 4 members (excludes halogenated alkanes) is 3. The van der Waals surface area contributed by atoms with E-state index in [0.717, 1.165) is 12.8 Å². The van der Waals surface area contributed by atoms with Gasteiger partial charge in [-0.1, -0.05) is 26.2 Å². The molecule has 0 fully saturated rings. The van der Waals surface area contributed by atoms with Gasteiger partial charge >= 0.3 is 0 Å². The van der Waals surface area contributed by atoms with Crippen LogP contribution >= 0.6 is 0 Å². The largest absolute Gasteiger partial charge is 0.383 e. The topological polar surface area (TPSA) is 84.4 Å². The lowest BCUT2D eigenvalue weighted by Crippen LogP contribution is -2.38. The summed E-state index contributed by atoms with van der Waals surface area (Å²) < 4.78 is 5.04. The standard InChI is InChI=1S/C17H28N4O3/c1-3-4-5-6-8-20-16(22)7-11-21(12-13-24-2)17(23)15-14-18-9-10-19-15/h9-10,14H,3-8,11-13H2,1-2H3,(H,20,22). The molecule has 0 spiro atoms. The molecule has 0 unspecified atom stereocenters. The molecule has 24 heavy (non-hydrogen) atoms. The minimum Gasteiger partial charge on any atom is -0.383 e. The Morgan fingerprint density at radius 3 is 2.71 bits per heavy atom. The number of rotatable bonds is 12. The van der Waals surface area contributed by atoms with Crippen molar-refractivity contribution >= 4 is 11.8 Å². The highest BCUT2D eigenvalue weighted by Gasteiger charge is 2.17. The van der Waals surface area contributed by atoms with E-state index in [1.54, 1.807) is 12.0 Å². The van der Waals surface area contributed by atoms with Gasteiger partial charge in [0.25, 0.3) is 5.91 Å². The smallest absolute Gasteiger partial charge is 0.274 e. The van der Waals surface area contributed by atoms with Crippen molar-refractivity contribution in [3.63, 3.8) is 0 Å². The molecule has 0 saturated heterocycles. The van der Waals surface area contributed by atoms with E-state index in [0.29, 0.717) is 26.2 Å². The molecular formula is C17H28N4O3. The van der Waals surface area contributed by atoms with Crippen molar-refractivity contribution in [3.8, 4) is 0 Å². The number of hydrogen-bond acceptors (Lipinski definition) is 5. The van der Waals surface area contributed by atoms with Crippen LogP contribution < -0.4 is 5.32 Å². The molecule has 0 atom stereocenters. The van der Waals surface area contributed by atoms with Crippen LogP contribution in [0.2, 0.25) is 0 Å². The fourth-order valence-electron chi connectivity index (χ4n) is 2.19. The average Bonchev–Trinajstić information content (AvgIpc) is 2.62. The molecule has 0 saturated carbocycles. The molecule has 1 aromatic heterocycles. The lowest BCUT2D eigenvalue weighted by Gasteiger charge is -2.21. The van der Waals surface area contributed by atoms with Crippen LogP contribution in [0.5, 0.6) is 0 Å². The van der Waals surface area contributed by atoms with Crippen LogP contribution in [0.15, 0.2) is 18.6 Å². The number of nitrogens with one attached hydrogen (secondary N) is 1. The maximum absolute atomic E-state index is 12.4. The second kappa shape index (κ2) is 12.4. The Bertz CT molecular complexity index is 482. The number of ether oxygens (including phenoxy) is 1. The number of carbonyl (C=O) groups is 2. The summed E-state index contributed by atoms with van der Waals surface area (Å²) in [5, 5.41) is 2.90. The molecule has 134 valence electrons. The van der Waals surface area contributed by atoms with Crippen molar-refractivity contribution < 1.29 is 14.3 Å². The average molecular weight is 336 g/mol. The van der Waals surface area contributed by atoms with Crippen LogP contribution in [-0.2, 0) is 9.53 Å². The summed E-state index contributed by atoms with van der Waals surface area (Å²) in [7, 11) is 1.58. The van der Waals surface area contributed by atoms with Crippen molar-refractivity contribution in [1.29, 1.82) is 0 Å². The Morgan fingerprint density at radius 2 is 2.04 bits per heavy atom. The highest BCUT2D eigenvalue weighted by molar-refractivity contribution is 5.92. The van der Waals surface area contributed by atoms with Crippen LogP contribution in [0.1, 0.15) is 49.5 Å². The summed E-state index contributed by atoms with van der Waals surface area (Å²) in [6.45, 7) is 4.00. The molecular weight excluding hydrogens is 308 g/mol. The van der Waals surface area contributed by atoms with E-state index in [4.69, 9.17) is 4.74 Å². The van der Waals surface area contributed by atoms with Crippen molar-refractivity contribution in [1.82, 2.24) is 20.2 Å². The molecule has 0 bridgehead atoms. The van der Waals surface area contributed by atoms with Gasteiger partial charge in [0, 0.05) is 45.6 Å². The quantitative estimate of drug-likeness (QED) is 0.587. The van der Waals surface area contributed by atoms with E-state index in [9.17, 15) is 9.59 Å². The van der Waals surface area contributed by atoms with E-state index >= 15 is 0 Å². The van der Waals surface area contributed by atoms with Crippen LogP contribution in [0.3, 0.4) is 0 Å². The van der Waals surface area contributed by atoms with E-state index in [1.165, 1.54) is 31.4 Å². The monoisotopic (exact) mass is 336 g/mol. The van der Waals surface area contributed by atoms with Gasteiger partial charge in [0.2, 0.25) is 5.91 Å². The Balaban J connectivity index is 2.42. The van der Waals surface area contributed by atoms with Gasteiger partial charge in [-0.2, -0.15) is 0 Å². The first-order chi connectivity index (χ1) is 11.7. The van der Waals surface area contributed by atoms with E-state index in [-0.39, 0.29) is 23.9 Å². The summed E-state index contributed by atoms with van der Waals surface area (Å²) in [4.78, 5) is 33.8. The number of aromatic nitrogens is 2. The molecule has 2 amide bonds. The van der Waals surface area contributed by atoms with Crippen molar-refractivity contribution in [2.75, 3.05) is 33.4 Å². The minimum absolute atomic E-state index is 0.0409. The van der Waals surface area contributed by atoms with Gasteiger partial charge in [-0.25, -0.2) is 4.98 Å². The first-order valence-corrected chi connectivity index (χ1v) is 8.50. The lowest BCUT2D eigenvalue weighted by atomic mass is 10.2. The van der Waals surface area contributed by atoms with Gasteiger partial charge in [-0.15, -0.1) is 0 Å². The molecule has 7 nitrogen and oxygen atoms in total. The van der Waals surface area contributed by atoms with Crippen LogP contribution in [0, 0.1) is 0 Å². The summed E-state index contributed by atoms with van der Waals surface area (Å²) >= 11 is 0. The Kier molecular flexibility index (Phi) is 10.4. The second-order valence-corrected chi connectivity index (χ2v) is 5.54. The highest BCUT2D eigenvalue weighted by atomic mass is 16.5. The van der Waals surface area contributed by atoms with Crippen LogP contribution in [-0.4, -0.2) is 60.0 Å². The summed E-state index contributed by atoms with van der Waals surface area (Å²) in [6, 6.07) is 0. The van der Waals surface area contributed by atoms with Crippen molar-refractivity contribution in [2.24, 2.45) is 0 Å². The number of carbonyl (C=O) groups excluding carboxylic acids is 2. The third-order valence-corrected chi connectivity index (χ3v) is 3.60. The molecule has 0 aromatic carbocycles. The van der Waals surface area contributed by atoms with Gasteiger partial charge in [0.1, 0.15) is 5.69 Å². The van der Waals surface area contributed by atoms with Gasteiger partial charge < -0.3 is 15.0 Å². The molecule has 0 aliphatic heterocycles. The lowest BCUT2D eigenvalue weighted by molar-refractivity contribution is -0.121. The van der Waals surface area contributed by atoms with Crippen molar-refractivity contribution in [3.05, 3.63) is 24.3 Å². The Hall–Kier alpha value is -2.02. The summed E-state index contributed by atoms with van der Waals surface area (Å²) in [5.74, 6) is -0.281. The zero-order valence-electron chi connectivity index (χ0n) is 14.7. The maximum Gasteiger partial charge on any atom is 0.274 e. The fraction of sp³-hybridized carbons (Fsp3) is 0.647. The molecule has 0 aliphatic carbocycles. The fourth-order valence-corrected chi connectivity index (χ4v) is 2.19. The van der Waals surface area contributed by atoms with E-state index < -0.39 is 0 Å². The normalized spacial score (nSPS) is 10.4. The molecule has 1 aromatic rings. The predicted octanol–water partition coefficient (Wildman–Crippen LogP) is 1.65. The zero-order valence-corrected chi connectivity index (χ0v) is 14.7. The maximum atomic E-state index is 12.4. The number of methoxy groups -OCH3 is 1. The Labute approximate surface area is 143 Å². The zero-order chi connectivity index (χ0) is 17.6. The first kappa shape index (κ1) is 20.0. The SMILES string of the molecule is CCCCCCNC(=O)CCN(CCOC)C(=O)c1cnccn1. The number of nitrogens with zero attached hydrogens (tertiary/aromatic N) is 3. The van der Waals surface area contributed by atoms with Crippen LogP contribution in [0.4, 0.5) is 0 Å². The Morgan fingerprint density at radius 1 is 1.21 bits per heavy atom. The number of amides is 2. The predicted molar refractivity (Wildman–Crippen MR) is 91.6 cm³/mol. The summed E-state index contributed by atoms with van der Waals surface area (Å²) in [6.07, 6.45) is 9.17. The van der Waals surface area contributed by atoms with Gasteiger partial charge in [-0.05, 0) is 6.42 Å². The van der Waals surface area contributed by atoms with E-state index in [1.807, 2.05) is 0 Å². The van der Waals surface area contributed by atoms with Crippen LogP contribution in [0.25, 0.3) is 0 Å². The van der Waals surface area contributed by atoms with E-state index in [2.05, 4.69) is 22.2 Å². The molecule has 1 heterocycles. The molecule has 1 rings (SSSR count). The first-order valence-electron chi connectivity index (χ1n) is 8.50. The van der Waals surface area contributed by atoms with Gasteiger partial charge in [-0.3, -0.25) is 14.6 Å².